The van der Waals surface area contributed by atoms with Gasteiger partial charge in [-0.15, -0.1) is 0 Å². The second-order valence-corrected chi connectivity index (χ2v) is 5.97. The molecule has 4 nitrogen and oxygen atoms in total. The van der Waals surface area contributed by atoms with E-state index in [1.807, 2.05) is 25.1 Å². The van der Waals surface area contributed by atoms with Crippen molar-refractivity contribution in [2.45, 2.75) is 31.3 Å². The number of guanidine groups is 1. The predicted molar refractivity (Wildman–Crippen MR) is 83.0 cm³/mol. The van der Waals surface area contributed by atoms with Crippen LogP contribution in [0, 0.1) is 0 Å². The maximum Gasteiger partial charge on any atom is 0.256 e. The molecule has 1 heterocycles. The Balaban J connectivity index is 1.74. The van der Waals surface area contributed by atoms with Crippen molar-refractivity contribution in [2.24, 2.45) is 4.99 Å². The molecule has 1 saturated carbocycles. The lowest BCUT2D eigenvalue weighted by molar-refractivity contribution is -0.123. The molecule has 1 aliphatic carbocycles. The average Bonchev–Trinajstić information content (AvgIpc) is 3.25. The van der Waals surface area contributed by atoms with Gasteiger partial charge in [0.2, 0.25) is 0 Å². The zero-order valence-corrected chi connectivity index (χ0v) is 11.9. The van der Waals surface area contributed by atoms with E-state index in [2.05, 4.69) is 39.9 Å². The van der Waals surface area contributed by atoms with Gasteiger partial charge in [-0.2, -0.15) is 0 Å². The molecule has 0 radical (unpaired) electrons. The van der Waals surface area contributed by atoms with Gasteiger partial charge in [-0.05, 0) is 42.2 Å². The smallest absolute Gasteiger partial charge is 0.256 e. The number of hydrogen-bond acceptors (Lipinski definition) is 2. The third-order valence-corrected chi connectivity index (χ3v) is 4.24. The molecule has 4 rings (SSSR count). The average molecular weight is 279 g/mol. The Morgan fingerprint density at radius 1 is 1.14 bits per heavy atom. The summed E-state index contributed by atoms with van der Waals surface area (Å²) in [5, 5.41) is 8.43. The fourth-order valence-electron chi connectivity index (χ4n) is 2.71. The monoisotopic (exact) mass is 279 g/mol. The highest BCUT2D eigenvalue weighted by atomic mass is 16.2. The number of benzene rings is 2. The molecule has 2 aromatic rings. The van der Waals surface area contributed by atoms with E-state index < -0.39 is 5.54 Å². The van der Waals surface area contributed by atoms with Crippen LogP contribution >= 0.6 is 0 Å². The summed E-state index contributed by atoms with van der Waals surface area (Å²) < 4.78 is 0. The molecule has 1 aliphatic heterocycles. The van der Waals surface area contributed by atoms with Gasteiger partial charge in [0.25, 0.3) is 5.91 Å². The van der Waals surface area contributed by atoms with E-state index in [1.165, 1.54) is 5.39 Å². The molecule has 1 amide bonds. The Labute approximate surface area is 123 Å². The molecule has 2 aliphatic rings. The molecule has 2 aromatic carbocycles. The molecule has 21 heavy (non-hydrogen) atoms. The summed E-state index contributed by atoms with van der Waals surface area (Å²) in [5.74, 6) is 0.565. The van der Waals surface area contributed by atoms with Gasteiger partial charge in [0.05, 0.1) is 6.04 Å². The first kappa shape index (κ1) is 12.4. The van der Waals surface area contributed by atoms with E-state index in [4.69, 9.17) is 0 Å². The van der Waals surface area contributed by atoms with Gasteiger partial charge in [-0.3, -0.25) is 10.1 Å². The summed E-state index contributed by atoms with van der Waals surface area (Å²) in [4.78, 5) is 16.9. The van der Waals surface area contributed by atoms with Crippen molar-refractivity contribution in [2.75, 3.05) is 0 Å². The maximum absolute atomic E-state index is 12.4. The van der Waals surface area contributed by atoms with Crippen LogP contribution in [0.2, 0.25) is 0 Å². The lowest BCUT2D eigenvalue weighted by Gasteiger charge is -2.22. The molecular formula is C17H17N3O. The summed E-state index contributed by atoms with van der Waals surface area (Å²) in [6, 6.07) is 14.7. The number of carbonyl (C=O) groups excluding carboxylic acids is 1. The van der Waals surface area contributed by atoms with Gasteiger partial charge in [0.1, 0.15) is 5.54 Å². The topological polar surface area (TPSA) is 53.5 Å². The molecule has 106 valence electrons. The number of hydrogen-bond donors (Lipinski definition) is 2. The quantitative estimate of drug-likeness (QED) is 0.886. The molecule has 1 atom stereocenters. The van der Waals surface area contributed by atoms with Crippen LogP contribution in [-0.4, -0.2) is 17.9 Å². The summed E-state index contributed by atoms with van der Waals surface area (Å²) in [7, 11) is 0. The van der Waals surface area contributed by atoms with Gasteiger partial charge in [0, 0.05) is 0 Å². The molecule has 0 spiro atoms. The van der Waals surface area contributed by atoms with Crippen LogP contribution in [0.25, 0.3) is 10.8 Å². The lowest BCUT2D eigenvalue weighted by Crippen LogP contribution is -2.40. The van der Waals surface area contributed by atoms with Gasteiger partial charge < -0.3 is 5.32 Å². The molecule has 2 fully saturated rings. The second kappa shape index (κ2) is 4.32. The number of amides is 1. The molecule has 4 heteroatoms. The van der Waals surface area contributed by atoms with Crippen LogP contribution in [0.3, 0.4) is 0 Å². The Hall–Kier alpha value is -2.36. The fourth-order valence-corrected chi connectivity index (χ4v) is 2.71. The van der Waals surface area contributed by atoms with Crippen LogP contribution in [-0.2, 0) is 10.3 Å². The predicted octanol–water partition coefficient (Wildman–Crippen LogP) is 2.29. The Kier molecular flexibility index (Phi) is 2.55. The highest BCUT2D eigenvalue weighted by molar-refractivity contribution is 6.09. The van der Waals surface area contributed by atoms with Crippen molar-refractivity contribution < 1.29 is 4.79 Å². The van der Waals surface area contributed by atoms with Crippen LogP contribution in [0.15, 0.2) is 47.5 Å². The van der Waals surface area contributed by atoms with Crippen molar-refractivity contribution in [3.63, 3.8) is 0 Å². The minimum absolute atomic E-state index is 0.0443. The number of rotatable bonds is 2. The minimum Gasteiger partial charge on any atom is -0.338 e. The first-order valence-electron chi connectivity index (χ1n) is 7.32. The van der Waals surface area contributed by atoms with E-state index in [-0.39, 0.29) is 5.91 Å². The second-order valence-electron chi connectivity index (χ2n) is 5.97. The summed E-state index contributed by atoms with van der Waals surface area (Å²) in [5.41, 5.74) is 0.206. The fraction of sp³-hybridized carbons (Fsp3) is 0.294. The summed E-state index contributed by atoms with van der Waals surface area (Å²) in [6.07, 6.45) is 2.24. The molecule has 0 aromatic heterocycles. The van der Waals surface area contributed by atoms with E-state index in [1.54, 1.807) is 0 Å². The van der Waals surface area contributed by atoms with Gasteiger partial charge in [-0.25, -0.2) is 4.99 Å². The largest absolute Gasteiger partial charge is 0.338 e. The van der Waals surface area contributed by atoms with Gasteiger partial charge in [0.15, 0.2) is 5.96 Å². The number of nitrogens with zero attached hydrogens (tertiary/aromatic N) is 1. The number of carbonyl (C=O) groups is 1. The van der Waals surface area contributed by atoms with E-state index in [9.17, 15) is 4.79 Å². The van der Waals surface area contributed by atoms with Crippen LogP contribution < -0.4 is 10.6 Å². The Morgan fingerprint density at radius 3 is 2.67 bits per heavy atom. The third-order valence-electron chi connectivity index (χ3n) is 4.24. The number of fused-ring (bicyclic) bond motifs is 1. The molecule has 1 unspecified atom stereocenters. The van der Waals surface area contributed by atoms with E-state index >= 15 is 0 Å². The molecule has 2 N–H and O–H groups in total. The summed E-state index contributed by atoms with van der Waals surface area (Å²) in [6.45, 7) is 1.90. The SMILES string of the molecule is CC1(c2ccc3ccccc3c2)NC(=NC2CC2)NC1=O. The maximum atomic E-state index is 12.4. The van der Waals surface area contributed by atoms with Crippen molar-refractivity contribution in [1.82, 2.24) is 10.6 Å². The van der Waals surface area contributed by atoms with Crippen molar-refractivity contribution in [3.05, 3.63) is 48.0 Å². The summed E-state index contributed by atoms with van der Waals surface area (Å²) >= 11 is 0. The zero-order chi connectivity index (χ0) is 14.4. The van der Waals surface area contributed by atoms with Gasteiger partial charge >= 0.3 is 0 Å². The van der Waals surface area contributed by atoms with Crippen molar-refractivity contribution >= 4 is 22.6 Å². The van der Waals surface area contributed by atoms with Crippen molar-refractivity contribution in [3.8, 4) is 0 Å². The number of aliphatic imine (C=N–C) groups is 1. The van der Waals surface area contributed by atoms with E-state index in [0.717, 1.165) is 23.8 Å². The number of nitrogens with one attached hydrogen (secondary N) is 2. The lowest BCUT2D eigenvalue weighted by atomic mass is 9.90. The molecular weight excluding hydrogens is 262 g/mol. The normalized spacial score (nSPS) is 26.9. The minimum atomic E-state index is -0.752. The van der Waals surface area contributed by atoms with Crippen LogP contribution in [0.1, 0.15) is 25.3 Å². The Bertz CT molecular complexity index is 763. The van der Waals surface area contributed by atoms with Gasteiger partial charge in [-0.1, -0.05) is 36.4 Å². The highest BCUT2D eigenvalue weighted by Gasteiger charge is 2.43. The van der Waals surface area contributed by atoms with Crippen molar-refractivity contribution in [1.29, 1.82) is 0 Å². The third kappa shape index (κ3) is 2.07. The highest BCUT2D eigenvalue weighted by Crippen LogP contribution is 2.29. The molecule has 1 saturated heterocycles. The first-order valence-corrected chi connectivity index (χ1v) is 7.32. The first-order chi connectivity index (χ1) is 10.1. The van der Waals surface area contributed by atoms with Crippen LogP contribution in [0.4, 0.5) is 0 Å². The standard InChI is InChI=1S/C17H17N3O/c1-17(15(21)19-16(20-17)18-14-8-9-14)13-7-6-11-4-2-3-5-12(11)10-13/h2-7,10,14H,8-9H2,1H3,(H2,18,19,20,21). The molecule has 0 bridgehead atoms. The zero-order valence-electron chi connectivity index (χ0n) is 11.9. The van der Waals surface area contributed by atoms with Crippen LogP contribution in [0.5, 0.6) is 0 Å². The van der Waals surface area contributed by atoms with E-state index in [0.29, 0.717) is 12.0 Å². The Morgan fingerprint density at radius 2 is 1.90 bits per heavy atom.